The van der Waals surface area contributed by atoms with Crippen LogP contribution in [0.1, 0.15) is 20.9 Å². The van der Waals surface area contributed by atoms with Gasteiger partial charge < -0.3 is 0 Å². The highest BCUT2D eigenvalue weighted by Gasteiger charge is 2.12. The number of anilines is 1. The smallest absolute Gasteiger partial charge is 0.259 e. The molecule has 5 nitrogen and oxygen atoms in total. The topological polar surface area (TPSA) is 67.8 Å². The normalized spacial score (nSPS) is 10.6. The third-order valence-electron chi connectivity index (χ3n) is 2.78. The van der Waals surface area contributed by atoms with Crippen LogP contribution in [0.4, 0.5) is 5.13 Å². The van der Waals surface area contributed by atoms with Gasteiger partial charge in [0.25, 0.3) is 5.91 Å². The number of carbonyl (C=O) groups is 1. The monoisotopic (exact) mass is 316 g/mol. The summed E-state index contributed by atoms with van der Waals surface area (Å²) in [5.74, 6) is 0.419. The van der Waals surface area contributed by atoms with Crippen LogP contribution in [0.5, 0.6) is 0 Å². The van der Waals surface area contributed by atoms with Crippen LogP contribution >= 0.6 is 22.9 Å². The summed E-state index contributed by atoms with van der Waals surface area (Å²) in [4.78, 5) is 22.7. The van der Waals surface area contributed by atoms with E-state index in [1.807, 2.05) is 26.0 Å². The second-order valence-electron chi connectivity index (χ2n) is 4.48. The summed E-state index contributed by atoms with van der Waals surface area (Å²) in [5, 5.41) is 3.23. The SMILES string of the molecule is Cc1ccc(C(=O)Nc2nc(-c3ccc(C)s3)ns2)cn1. The van der Waals surface area contributed by atoms with E-state index in [1.165, 1.54) is 16.4 Å². The molecule has 1 N–H and O–H groups in total. The zero-order chi connectivity index (χ0) is 14.8. The van der Waals surface area contributed by atoms with E-state index in [0.717, 1.165) is 10.6 Å². The second kappa shape index (κ2) is 5.71. The Labute approximate surface area is 129 Å². The summed E-state index contributed by atoms with van der Waals surface area (Å²) in [6.45, 7) is 3.91. The molecule has 0 radical (unpaired) electrons. The predicted octanol–water partition coefficient (Wildman–Crippen LogP) is 3.53. The van der Waals surface area contributed by atoms with E-state index < -0.39 is 0 Å². The third kappa shape index (κ3) is 3.14. The molecule has 0 fully saturated rings. The lowest BCUT2D eigenvalue weighted by Gasteiger charge is -2.00. The Morgan fingerprint density at radius 1 is 1.19 bits per heavy atom. The number of nitrogens with one attached hydrogen (secondary N) is 1. The number of aryl methyl sites for hydroxylation is 2. The van der Waals surface area contributed by atoms with Crippen LogP contribution in [0.3, 0.4) is 0 Å². The van der Waals surface area contributed by atoms with E-state index in [1.54, 1.807) is 29.7 Å². The zero-order valence-electron chi connectivity index (χ0n) is 11.5. The highest BCUT2D eigenvalue weighted by molar-refractivity contribution is 7.15. The Morgan fingerprint density at radius 2 is 2.05 bits per heavy atom. The van der Waals surface area contributed by atoms with Crippen molar-refractivity contribution in [2.45, 2.75) is 13.8 Å². The van der Waals surface area contributed by atoms with Gasteiger partial charge >= 0.3 is 0 Å². The van der Waals surface area contributed by atoms with E-state index >= 15 is 0 Å². The molecule has 0 bridgehead atoms. The molecule has 0 aromatic carbocycles. The minimum Gasteiger partial charge on any atom is -0.297 e. The molecule has 0 atom stereocenters. The number of hydrogen-bond acceptors (Lipinski definition) is 6. The highest BCUT2D eigenvalue weighted by atomic mass is 32.1. The third-order valence-corrected chi connectivity index (χ3v) is 4.41. The highest BCUT2D eigenvalue weighted by Crippen LogP contribution is 2.27. The molecule has 3 heterocycles. The van der Waals surface area contributed by atoms with Crippen molar-refractivity contribution in [3.8, 4) is 10.7 Å². The molecule has 106 valence electrons. The number of carbonyl (C=O) groups excluding carboxylic acids is 1. The molecule has 0 aliphatic carbocycles. The van der Waals surface area contributed by atoms with Gasteiger partial charge in [-0.15, -0.1) is 11.3 Å². The molecule has 3 aromatic rings. The Bertz CT molecular complexity index is 776. The molecular formula is C14H12N4OS2. The number of thiophene rings is 1. The van der Waals surface area contributed by atoms with Crippen molar-refractivity contribution in [2.24, 2.45) is 0 Å². The van der Waals surface area contributed by atoms with Crippen LogP contribution < -0.4 is 5.32 Å². The van der Waals surface area contributed by atoms with Crippen LogP contribution in [0, 0.1) is 13.8 Å². The molecule has 0 spiro atoms. The van der Waals surface area contributed by atoms with E-state index in [2.05, 4.69) is 19.7 Å². The summed E-state index contributed by atoms with van der Waals surface area (Å²) < 4.78 is 4.27. The van der Waals surface area contributed by atoms with Crippen molar-refractivity contribution >= 4 is 33.9 Å². The lowest BCUT2D eigenvalue weighted by atomic mass is 10.2. The summed E-state index contributed by atoms with van der Waals surface area (Å²) >= 11 is 2.80. The summed E-state index contributed by atoms with van der Waals surface area (Å²) in [6.07, 6.45) is 1.55. The second-order valence-corrected chi connectivity index (χ2v) is 6.52. The van der Waals surface area contributed by atoms with E-state index in [0.29, 0.717) is 16.5 Å². The van der Waals surface area contributed by atoms with Gasteiger partial charge in [-0.2, -0.15) is 9.36 Å². The summed E-state index contributed by atoms with van der Waals surface area (Å²) in [7, 11) is 0. The number of hydrogen-bond donors (Lipinski definition) is 1. The summed E-state index contributed by atoms with van der Waals surface area (Å²) in [5.41, 5.74) is 1.38. The zero-order valence-corrected chi connectivity index (χ0v) is 13.1. The Morgan fingerprint density at radius 3 is 2.71 bits per heavy atom. The fraction of sp³-hybridized carbons (Fsp3) is 0.143. The van der Waals surface area contributed by atoms with E-state index in [9.17, 15) is 4.79 Å². The molecule has 1 amide bonds. The molecule has 0 saturated heterocycles. The lowest BCUT2D eigenvalue weighted by Crippen LogP contribution is -2.12. The maximum Gasteiger partial charge on any atom is 0.259 e. The molecule has 0 unspecified atom stereocenters. The molecular weight excluding hydrogens is 304 g/mol. The molecule has 0 aliphatic rings. The number of amides is 1. The number of aromatic nitrogens is 3. The van der Waals surface area contributed by atoms with Gasteiger partial charge in [0.15, 0.2) is 5.82 Å². The van der Waals surface area contributed by atoms with Crippen LogP contribution in [-0.2, 0) is 0 Å². The summed E-state index contributed by atoms with van der Waals surface area (Å²) in [6, 6.07) is 7.55. The number of rotatable bonds is 3. The minimum absolute atomic E-state index is 0.229. The van der Waals surface area contributed by atoms with Gasteiger partial charge in [0.2, 0.25) is 5.13 Å². The quantitative estimate of drug-likeness (QED) is 0.802. The molecule has 0 saturated carbocycles. The van der Waals surface area contributed by atoms with Gasteiger partial charge in [-0.25, -0.2) is 0 Å². The van der Waals surface area contributed by atoms with Gasteiger partial charge in [0.05, 0.1) is 10.4 Å². The lowest BCUT2D eigenvalue weighted by molar-refractivity contribution is 0.102. The van der Waals surface area contributed by atoms with Gasteiger partial charge in [-0.3, -0.25) is 15.1 Å². The largest absolute Gasteiger partial charge is 0.297 e. The first-order chi connectivity index (χ1) is 10.1. The van der Waals surface area contributed by atoms with E-state index in [4.69, 9.17) is 0 Å². The van der Waals surface area contributed by atoms with Crippen LogP contribution in [-0.4, -0.2) is 20.2 Å². The van der Waals surface area contributed by atoms with Crippen LogP contribution in [0.15, 0.2) is 30.5 Å². The van der Waals surface area contributed by atoms with Crippen molar-refractivity contribution in [3.05, 3.63) is 46.6 Å². The standard InChI is InChI=1S/C14H12N4OS2/c1-8-3-5-10(7-15-8)13(19)17-14-16-12(18-21-14)11-6-4-9(2)20-11/h3-7H,1-2H3,(H,16,17,18,19). The fourth-order valence-corrected chi connectivity index (χ4v) is 3.14. The van der Waals surface area contributed by atoms with Crippen molar-refractivity contribution < 1.29 is 4.79 Å². The Hall–Kier alpha value is -2.12. The predicted molar refractivity (Wildman–Crippen MR) is 84.9 cm³/mol. The fourth-order valence-electron chi connectivity index (χ4n) is 1.70. The van der Waals surface area contributed by atoms with Gasteiger partial charge in [-0.05, 0) is 38.1 Å². The molecule has 3 rings (SSSR count). The average molecular weight is 316 g/mol. The maximum absolute atomic E-state index is 12.1. The first-order valence-electron chi connectivity index (χ1n) is 6.26. The average Bonchev–Trinajstić information content (AvgIpc) is 3.08. The Balaban J connectivity index is 1.75. The minimum atomic E-state index is -0.229. The van der Waals surface area contributed by atoms with Gasteiger partial charge in [0.1, 0.15) is 0 Å². The number of nitrogens with zero attached hydrogens (tertiary/aromatic N) is 3. The molecule has 3 aromatic heterocycles. The first kappa shape index (κ1) is 13.8. The maximum atomic E-state index is 12.1. The molecule has 0 aliphatic heterocycles. The Kier molecular flexibility index (Phi) is 3.76. The van der Waals surface area contributed by atoms with Crippen molar-refractivity contribution in [3.63, 3.8) is 0 Å². The van der Waals surface area contributed by atoms with Gasteiger partial charge in [0, 0.05) is 28.3 Å². The van der Waals surface area contributed by atoms with Gasteiger partial charge in [-0.1, -0.05) is 0 Å². The molecule has 21 heavy (non-hydrogen) atoms. The van der Waals surface area contributed by atoms with Crippen LogP contribution in [0.25, 0.3) is 10.7 Å². The van der Waals surface area contributed by atoms with Crippen LogP contribution in [0.2, 0.25) is 0 Å². The number of pyridine rings is 1. The molecule has 7 heteroatoms. The first-order valence-corrected chi connectivity index (χ1v) is 7.85. The van der Waals surface area contributed by atoms with Crippen molar-refractivity contribution in [2.75, 3.05) is 5.32 Å². The van der Waals surface area contributed by atoms with Crippen molar-refractivity contribution in [1.29, 1.82) is 0 Å². The van der Waals surface area contributed by atoms with Crippen molar-refractivity contribution in [1.82, 2.24) is 14.3 Å². The van der Waals surface area contributed by atoms with E-state index in [-0.39, 0.29) is 5.91 Å².